The van der Waals surface area contributed by atoms with Gasteiger partial charge in [0.2, 0.25) is 0 Å². The lowest BCUT2D eigenvalue weighted by Crippen LogP contribution is -2.05. The number of imidazole rings is 1. The molecule has 1 heterocycles. The Hall–Kier alpha value is -2.39. The largest absolute Gasteiger partial charge is 0.330 e. The van der Waals surface area contributed by atoms with E-state index in [-0.39, 0.29) is 0 Å². The van der Waals surface area contributed by atoms with Gasteiger partial charge in [0.25, 0.3) is 0 Å². The van der Waals surface area contributed by atoms with Gasteiger partial charge in [0, 0.05) is 7.05 Å². The first-order valence-corrected chi connectivity index (χ1v) is 6.66. The monoisotopic (exact) mass is 263 g/mol. The summed E-state index contributed by atoms with van der Waals surface area (Å²) in [5.41, 5.74) is 10.3. The molecule has 1 aromatic heterocycles. The Kier molecular flexibility index (Phi) is 3.35. The van der Waals surface area contributed by atoms with Crippen LogP contribution in [0.2, 0.25) is 0 Å². The highest BCUT2D eigenvalue weighted by atomic mass is 15.1. The number of benzene rings is 2. The van der Waals surface area contributed by atoms with E-state index in [1.54, 1.807) is 0 Å². The topological polar surface area (TPSA) is 43.8 Å². The molecule has 0 aliphatic rings. The molecule has 0 bridgehead atoms. The fourth-order valence-corrected chi connectivity index (χ4v) is 2.37. The summed E-state index contributed by atoms with van der Waals surface area (Å²) in [6.07, 6.45) is 1.87. The van der Waals surface area contributed by atoms with Gasteiger partial charge < -0.3 is 10.3 Å². The van der Waals surface area contributed by atoms with E-state index >= 15 is 0 Å². The summed E-state index contributed by atoms with van der Waals surface area (Å²) in [5, 5.41) is 0. The summed E-state index contributed by atoms with van der Waals surface area (Å²) < 4.78 is 2.04. The molecule has 0 saturated carbocycles. The van der Waals surface area contributed by atoms with Crippen molar-refractivity contribution in [2.75, 3.05) is 0 Å². The molecular formula is C17H17N3. The van der Waals surface area contributed by atoms with Gasteiger partial charge in [-0.15, -0.1) is 0 Å². The molecule has 0 radical (unpaired) electrons. The molecule has 3 nitrogen and oxygen atoms in total. The maximum atomic E-state index is 5.66. The zero-order valence-electron chi connectivity index (χ0n) is 11.5. The van der Waals surface area contributed by atoms with Crippen molar-refractivity contribution in [2.45, 2.75) is 6.54 Å². The zero-order valence-corrected chi connectivity index (χ0v) is 11.5. The van der Waals surface area contributed by atoms with Crippen molar-refractivity contribution in [1.29, 1.82) is 0 Å². The summed E-state index contributed by atoms with van der Waals surface area (Å²) in [5.74, 6) is 0.895. The minimum Gasteiger partial charge on any atom is -0.330 e. The number of aromatic nitrogens is 2. The predicted molar refractivity (Wildman–Crippen MR) is 82.0 cm³/mol. The van der Waals surface area contributed by atoms with Crippen molar-refractivity contribution >= 4 is 0 Å². The Bertz CT molecular complexity index is 697. The number of hydrogen-bond donors (Lipinski definition) is 1. The van der Waals surface area contributed by atoms with Crippen molar-refractivity contribution in [3.05, 3.63) is 66.6 Å². The van der Waals surface area contributed by atoms with Gasteiger partial charge in [-0.2, -0.15) is 0 Å². The highest BCUT2D eigenvalue weighted by Crippen LogP contribution is 2.24. The average molecular weight is 263 g/mol. The standard InChI is InChI=1S/C17H17N3/c1-20-16(12-19-17(20)11-18)15-9-7-14(8-10-15)13-5-3-2-4-6-13/h2-10,12H,11,18H2,1H3. The van der Waals surface area contributed by atoms with Crippen LogP contribution in [-0.2, 0) is 13.6 Å². The molecule has 0 atom stereocenters. The van der Waals surface area contributed by atoms with E-state index in [0.717, 1.165) is 17.1 Å². The van der Waals surface area contributed by atoms with E-state index in [0.29, 0.717) is 6.54 Å². The van der Waals surface area contributed by atoms with Crippen LogP contribution in [0.25, 0.3) is 22.4 Å². The van der Waals surface area contributed by atoms with Crippen molar-refractivity contribution in [3.8, 4) is 22.4 Å². The maximum absolute atomic E-state index is 5.66. The first-order chi connectivity index (χ1) is 9.79. The second-order valence-corrected chi connectivity index (χ2v) is 4.77. The molecule has 2 aromatic carbocycles. The normalized spacial score (nSPS) is 10.7. The molecule has 0 amide bonds. The second kappa shape index (κ2) is 5.31. The van der Waals surface area contributed by atoms with Gasteiger partial charge in [-0.1, -0.05) is 54.6 Å². The number of rotatable bonds is 3. The quantitative estimate of drug-likeness (QED) is 0.788. The number of hydrogen-bond acceptors (Lipinski definition) is 2. The Balaban J connectivity index is 1.95. The average Bonchev–Trinajstić information content (AvgIpc) is 2.89. The lowest BCUT2D eigenvalue weighted by molar-refractivity contribution is 0.799. The Morgan fingerprint density at radius 1 is 0.900 bits per heavy atom. The van der Waals surface area contributed by atoms with Crippen molar-refractivity contribution in [1.82, 2.24) is 9.55 Å². The summed E-state index contributed by atoms with van der Waals surface area (Å²) in [6.45, 7) is 0.457. The molecule has 20 heavy (non-hydrogen) atoms. The van der Waals surface area contributed by atoms with E-state index in [1.807, 2.05) is 23.9 Å². The molecule has 0 saturated heterocycles. The Labute approximate surface area is 118 Å². The molecule has 0 unspecified atom stereocenters. The van der Waals surface area contributed by atoms with Crippen LogP contribution in [0.3, 0.4) is 0 Å². The van der Waals surface area contributed by atoms with Crippen LogP contribution in [0.4, 0.5) is 0 Å². The van der Waals surface area contributed by atoms with Gasteiger partial charge in [-0.25, -0.2) is 4.98 Å². The minimum atomic E-state index is 0.457. The van der Waals surface area contributed by atoms with Crippen LogP contribution in [0, 0.1) is 0 Å². The molecule has 3 rings (SSSR count). The number of nitrogens with two attached hydrogens (primary N) is 1. The van der Waals surface area contributed by atoms with E-state index in [2.05, 4.69) is 53.5 Å². The van der Waals surface area contributed by atoms with E-state index < -0.39 is 0 Å². The van der Waals surface area contributed by atoms with Crippen molar-refractivity contribution < 1.29 is 0 Å². The van der Waals surface area contributed by atoms with Gasteiger partial charge in [-0.3, -0.25) is 0 Å². The lowest BCUT2D eigenvalue weighted by Gasteiger charge is -2.06. The fourth-order valence-electron chi connectivity index (χ4n) is 2.37. The smallest absolute Gasteiger partial charge is 0.122 e. The molecule has 0 aliphatic carbocycles. The highest BCUT2D eigenvalue weighted by Gasteiger charge is 2.07. The maximum Gasteiger partial charge on any atom is 0.122 e. The minimum absolute atomic E-state index is 0.457. The summed E-state index contributed by atoms with van der Waals surface area (Å²) in [7, 11) is 2.00. The fraction of sp³-hybridized carbons (Fsp3) is 0.118. The number of nitrogens with zero attached hydrogens (tertiary/aromatic N) is 2. The van der Waals surface area contributed by atoms with Gasteiger partial charge in [0.05, 0.1) is 18.4 Å². The summed E-state index contributed by atoms with van der Waals surface area (Å²) >= 11 is 0. The van der Waals surface area contributed by atoms with E-state index in [1.165, 1.54) is 11.1 Å². The third kappa shape index (κ3) is 2.24. The second-order valence-electron chi connectivity index (χ2n) is 4.77. The van der Waals surface area contributed by atoms with Crippen LogP contribution < -0.4 is 5.73 Å². The molecular weight excluding hydrogens is 246 g/mol. The van der Waals surface area contributed by atoms with Gasteiger partial charge in [0.15, 0.2) is 0 Å². The van der Waals surface area contributed by atoms with Crippen molar-refractivity contribution in [2.24, 2.45) is 12.8 Å². The van der Waals surface area contributed by atoms with Crippen LogP contribution in [0.15, 0.2) is 60.8 Å². The van der Waals surface area contributed by atoms with Crippen molar-refractivity contribution in [3.63, 3.8) is 0 Å². The highest BCUT2D eigenvalue weighted by molar-refractivity contribution is 5.68. The van der Waals surface area contributed by atoms with Crippen LogP contribution in [0.5, 0.6) is 0 Å². The first kappa shape index (κ1) is 12.6. The zero-order chi connectivity index (χ0) is 13.9. The molecule has 0 fully saturated rings. The van der Waals surface area contributed by atoms with E-state index in [9.17, 15) is 0 Å². The molecule has 0 aliphatic heterocycles. The lowest BCUT2D eigenvalue weighted by atomic mass is 10.0. The molecule has 100 valence electrons. The Morgan fingerprint density at radius 2 is 1.50 bits per heavy atom. The van der Waals surface area contributed by atoms with Crippen LogP contribution in [0.1, 0.15) is 5.82 Å². The van der Waals surface area contributed by atoms with E-state index in [4.69, 9.17) is 5.73 Å². The SMILES string of the molecule is Cn1c(-c2ccc(-c3ccccc3)cc2)cnc1CN. The third-order valence-electron chi connectivity index (χ3n) is 3.55. The Morgan fingerprint density at radius 3 is 2.10 bits per heavy atom. The summed E-state index contributed by atoms with van der Waals surface area (Å²) in [4.78, 5) is 4.33. The molecule has 2 N–H and O–H groups in total. The third-order valence-corrected chi connectivity index (χ3v) is 3.55. The molecule has 3 heteroatoms. The van der Waals surface area contributed by atoms with Gasteiger partial charge >= 0.3 is 0 Å². The van der Waals surface area contributed by atoms with Crippen LogP contribution >= 0.6 is 0 Å². The van der Waals surface area contributed by atoms with Crippen LogP contribution in [-0.4, -0.2) is 9.55 Å². The van der Waals surface area contributed by atoms with Gasteiger partial charge in [-0.05, 0) is 16.7 Å². The summed E-state index contributed by atoms with van der Waals surface area (Å²) in [6, 6.07) is 18.9. The first-order valence-electron chi connectivity index (χ1n) is 6.66. The van der Waals surface area contributed by atoms with Gasteiger partial charge in [0.1, 0.15) is 5.82 Å². The predicted octanol–water partition coefficient (Wildman–Crippen LogP) is 3.21. The molecule has 0 spiro atoms. The molecule has 3 aromatic rings.